The van der Waals surface area contributed by atoms with Crippen LogP contribution in [0.25, 0.3) is 0 Å². The average molecular weight is 270 g/mol. The van der Waals surface area contributed by atoms with Crippen LogP contribution >= 0.6 is 0 Å². The number of ether oxygens (including phenoxy) is 2. The minimum atomic E-state index is -0.850. The van der Waals surface area contributed by atoms with Crippen LogP contribution in [0.4, 0.5) is 0 Å². The van der Waals surface area contributed by atoms with Crippen LogP contribution in [0.1, 0.15) is 67.2 Å². The molecule has 1 saturated carbocycles. The van der Waals surface area contributed by atoms with Gasteiger partial charge in [-0.1, -0.05) is 20.3 Å². The Hall–Kier alpha value is -0.570. The van der Waals surface area contributed by atoms with Gasteiger partial charge < -0.3 is 9.47 Å². The van der Waals surface area contributed by atoms with E-state index in [1.165, 1.54) is 25.7 Å². The second-order valence-corrected chi connectivity index (χ2v) is 7.07. The van der Waals surface area contributed by atoms with Crippen molar-refractivity contribution in [1.82, 2.24) is 0 Å². The first kappa shape index (κ1) is 16.5. The standard InChI is InChI=1S/C16H30O3/c1-7-18-14(17)16(5,6)19-12(2)13-9-8-10-15(3,4)11-13/h12-13H,7-11H2,1-6H3. The van der Waals surface area contributed by atoms with Gasteiger partial charge in [0, 0.05) is 0 Å². The molecule has 112 valence electrons. The van der Waals surface area contributed by atoms with Crippen LogP contribution in [0, 0.1) is 11.3 Å². The fourth-order valence-corrected chi connectivity index (χ4v) is 3.07. The Kier molecular flexibility index (Phi) is 5.43. The molecule has 2 unspecified atom stereocenters. The summed E-state index contributed by atoms with van der Waals surface area (Å²) < 4.78 is 11.1. The molecular formula is C16H30O3. The zero-order chi connectivity index (χ0) is 14.7. The highest BCUT2D eigenvalue weighted by Crippen LogP contribution is 2.41. The summed E-state index contributed by atoms with van der Waals surface area (Å²) in [5, 5.41) is 0. The Labute approximate surface area is 118 Å². The van der Waals surface area contributed by atoms with E-state index in [4.69, 9.17) is 9.47 Å². The van der Waals surface area contributed by atoms with Gasteiger partial charge in [0.25, 0.3) is 0 Å². The maximum atomic E-state index is 11.9. The van der Waals surface area contributed by atoms with Crippen molar-refractivity contribution < 1.29 is 14.3 Å². The zero-order valence-corrected chi connectivity index (χ0v) is 13.4. The van der Waals surface area contributed by atoms with Gasteiger partial charge in [-0.05, 0) is 58.3 Å². The molecule has 1 rings (SSSR count). The van der Waals surface area contributed by atoms with Crippen LogP contribution in [0.2, 0.25) is 0 Å². The van der Waals surface area contributed by atoms with E-state index < -0.39 is 5.60 Å². The van der Waals surface area contributed by atoms with Gasteiger partial charge in [0.05, 0.1) is 12.7 Å². The first-order chi connectivity index (χ1) is 8.68. The highest BCUT2D eigenvalue weighted by molar-refractivity contribution is 5.78. The van der Waals surface area contributed by atoms with E-state index in [0.29, 0.717) is 17.9 Å². The number of carbonyl (C=O) groups is 1. The maximum Gasteiger partial charge on any atom is 0.337 e. The van der Waals surface area contributed by atoms with Crippen molar-refractivity contribution in [2.75, 3.05) is 6.61 Å². The van der Waals surface area contributed by atoms with E-state index in [0.717, 1.165) is 0 Å². The molecular weight excluding hydrogens is 240 g/mol. The quantitative estimate of drug-likeness (QED) is 0.710. The summed E-state index contributed by atoms with van der Waals surface area (Å²) in [7, 11) is 0. The summed E-state index contributed by atoms with van der Waals surface area (Å²) in [6.45, 7) is 12.6. The molecule has 0 saturated heterocycles. The number of carbonyl (C=O) groups excluding carboxylic acids is 1. The Morgan fingerprint density at radius 1 is 1.42 bits per heavy atom. The van der Waals surface area contributed by atoms with Gasteiger partial charge in [-0.25, -0.2) is 4.79 Å². The molecule has 0 spiro atoms. The van der Waals surface area contributed by atoms with Gasteiger partial charge in [-0.2, -0.15) is 0 Å². The highest BCUT2D eigenvalue weighted by atomic mass is 16.6. The molecule has 3 nitrogen and oxygen atoms in total. The SMILES string of the molecule is CCOC(=O)C(C)(C)OC(C)C1CCCC(C)(C)C1. The molecule has 0 aromatic rings. The number of hydrogen-bond acceptors (Lipinski definition) is 3. The van der Waals surface area contributed by atoms with Gasteiger partial charge in [0.1, 0.15) is 0 Å². The Morgan fingerprint density at radius 3 is 2.58 bits per heavy atom. The lowest BCUT2D eigenvalue weighted by molar-refractivity contribution is -0.178. The van der Waals surface area contributed by atoms with Crippen LogP contribution in [0.3, 0.4) is 0 Å². The Balaban J connectivity index is 2.58. The van der Waals surface area contributed by atoms with E-state index in [1.54, 1.807) is 13.8 Å². The molecule has 3 heteroatoms. The van der Waals surface area contributed by atoms with Crippen LogP contribution in [0.15, 0.2) is 0 Å². The summed E-state index contributed by atoms with van der Waals surface area (Å²) in [6, 6.07) is 0. The molecule has 1 aliphatic carbocycles. The lowest BCUT2D eigenvalue weighted by Crippen LogP contribution is -2.42. The van der Waals surface area contributed by atoms with E-state index in [1.807, 2.05) is 6.92 Å². The second kappa shape index (κ2) is 6.25. The van der Waals surface area contributed by atoms with Gasteiger partial charge in [-0.3, -0.25) is 0 Å². The average Bonchev–Trinajstić information content (AvgIpc) is 2.27. The van der Waals surface area contributed by atoms with Gasteiger partial charge in [0.15, 0.2) is 5.60 Å². The summed E-state index contributed by atoms with van der Waals surface area (Å²) in [5.74, 6) is 0.273. The highest BCUT2D eigenvalue weighted by Gasteiger charge is 2.37. The van der Waals surface area contributed by atoms with Crippen LogP contribution < -0.4 is 0 Å². The molecule has 0 aromatic heterocycles. The zero-order valence-electron chi connectivity index (χ0n) is 13.4. The lowest BCUT2D eigenvalue weighted by Gasteiger charge is -2.39. The molecule has 19 heavy (non-hydrogen) atoms. The summed E-state index contributed by atoms with van der Waals surface area (Å²) in [6.07, 6.45) is 5.01. The second-order valence-electron chi connectivity index (χ2n) is 7.07. The molecule has 0 aliphatic heterocycles. The molecule has 0 amide bonds. The van der Waals surface area contributed by atoms with Crippen LogP contribution in [0.5, 0.6) is 0 Å². The van der Waals surface area contributed by atoms with Crippen molar-refractivity contribution in [3.63, 3.8) is 0 Å². The molecule has 0 heterocycles. The number of esters is 1. The summed E-state index contributed by atoms with van der Waals surface area (Å²) in [4.78, 5) is 11.9. The third-order valence-electron chi connectivity index (χ3n) is 4.15. The smallest absolute Gasteiger partial charge is 0.337 e. The minimum absolute atomic E-state index is 0.0963. The molecule has 2 atom stereocenters. The third kappa shape index (κ3) is 4.79. The Bertz CT molecular complexity index is 307. The molecule has 1 aliphatic rings. The van der Waals surface area contributed by atoms with Crippen molar-refractivity contribution in [3.05, 3.63) is 0 Å². The fourth-order valence-electron chi connectivity index (χ4n) is 3.07. The predicted octanol–water partition coefficient (Wildman–Crippen LogP) is 3.95. The minimum Gasteiger partial charge on any atom is -0.464 e. The number of rotatable bonds is 5. The monoisotopic (exact) mass is 270 g/mol. The molecule has 0 N–H and O–H groups in total. The van der Waals surface area contributed by atoms with Gasteiger partial charge in [0.2, 0.25) is 0 Å². The van der Waals surface area contributed by atoms with E-state index in [-0.39, 0.29) is 12.1 Å². The largest absolute Gasteiger partial charge is 0.464 e. The maximum absolute atomic E-state index is 11.9. The fraction of sp³-hybridized carbons (Fsp3) is 0.938. The lowest BCUT2D eigenvalue weighted by atomic mass is 9.70. The van der Waals surface area contributed by atoms with Gasteiger partial charge >= 0.3 is 5.97 Å². The third-order valence-corrected chi connectivity index (χ3v) is 4.15. The van der Waals surface area contributed by atoms with E-state index in [2.05, 4.69) is 20.8 Å². The van der Waals surface area contributed by atoms with Crippen LogP contribution in [-0.2, 0) is 14.3 Å². The first-order valence-corrected chi connectivity index (χ1v) is 7.53. The molecule has 0 radical (unpaired) electrons. The van der Waals surface area contributed by atoms with Gasteiger partial charge in [-0.15, -0.1) is 0 Å². The molecule has 0 aromatic carbocycles. The topological polar surface area (TPSA) is 35.5 Å². The van der Waals surface area contributed by atoms with Crippen molar-refractivity contribution in [3.8, 4) is 0 Å². The molecule has 1 fully saturated rings. The van der Waals surface area contributed by atoms with E-state index >= 15 is 0 Å². The van der Waals surface area contributed by atoms with Crippen molar-refractivity contribution in [2.45, 2.75) is 78.9 Å². The summed E-state index contributed by atoms with van der Waals surface area (Å²) in [5.41, 5.74) is -0.453. The number of hydrogen-bond donors (Lipinski definition) is 0. The normalized spacial score (nSPS) is 24.8. The summed E-state index contributed by atoms with van der Waals surface area (Å²) >= 11 is 0. The van der Waals surface area contributed by atoms with Crippen molar-refractivity contribution in [1.29, 1.82) is 0 Å². The predicted molar refractivity (Wildman–Crippen MR) is 77.0 cm³/mol. The van der Waals surface area contributed by atoms with Crippen molar-refractivity contribution in [2.24, 2.45) is 11.3 Å². The first-order valence-electron chi connectivity index (χ1n) is 7.53. The van der Waals surface area contributed by atoms with E-state index in [9.17, 15) is 4.79 Å². The molecule has 0 bridgehead atoms. The van der Waals surface area contributed by atoms with Crippen LogP contribution in [-0.4, -0.2) is 24.3 Å². The Morgan fingerprint density at radius 2 is 2.05 bits per heavy atom. The van der Waals surface area contributed by atoms with Crippen molar-refractivity contribution >= 4 is 5.97 Å².